The molecule has 0 N–H and O–H groups in total. The molecule has 0 saturated heterocycles. The Bertz CT molecular complexity index is 527. The van der Waals surface area contributed by atoms with Crippen LogP contribution in [0.3, 0.4) is 0 Å². The molecule has 0 fully saturated rings. The highest BCUT2D eigenvalue weighted by Crippen LogP contribution is 2.28. The van der Waals surface area contributed by atoms with Crippen LogP contribution in [0.15, 0.2) is 18.2 Å². The van der Waals surface area contributed by atoms with Gasteiger partial charge in [-0.25, -0.2) is 9.07 Å². The van der Waals surface area contributed by atoms with Crippen LogP contribution in [-0.4, -0.2) is 26.8 Å². The van der Waals surface area contributed by atoms with E-state index in [0.29, 0.717) is 23.7 Å². The molecule has 2 aromatic rings. The van der Waals surface area contributed by atoms with E-state index >= 15 is 0 Å². The Morgan fingerprint density at radius 3 is 2.89 bits per heavy atom. The number of aryl methyl sites for hydroxylation is 1. The fourth-order valence-corrected chi connectivity index (χ4v) is 1.58. The Kier molecular flexibility index (Phi) is 3.86. The van der Waals surface area contributed by atoms with Crippen LogP contribution in [0.1, 0.15) is 19.8 Å². The second kappa shape index (κ2) is 5.57. The van der Waals surface area contributed by atoms with Gasteiger partial charge in [0.05, 0.1) is 12.2 Å². The Morgan fingerprint density at radius 2 is 2.22 bits per heavy atom. The molecule has 0 bridgehead atoms. The second-order valence-electron chi connectivity index (χ2n) is 3.97. The van der Waals surface area contributed by atoms with Crippen molar-refractivity contribution in [2.75, 3.05) is 6.61 Å². The van der Waals surface area contributed by atoms with E-state index < -0.39 is 0 Å². The number of tetrazole rings is 1. The van der Waals surface area contributed by atoms with Gasteiger partial charge in [-0.2, -0.15) is 0 Å². The molecule has 0 radical (unpaired) electrons. The zero-order valence-electron chi connectivity index (χ0n) is 10.4. The lowest BCUT2D eigenvalue weighted by molar-refractivity contribution is 0.309. The normalized spacial score (nSPS) is 10.6. The standard InChI is InChI=1S/C12H15FN4O/c1-3-4-7-18-11-8-9(13)5-6-10(11)12-14-15-16-17(12)2/h5-6,8H,3-4,7H2,1-2H3. The smallest absolute Gasteiger partial charge is 0.185 e. The van der Waals surface area contributed by atoms with Gasteiger partial charge in [0.1, 0.15) is 11.6 Å². The summed E-state index contributed by atoms with van der Waals surface area (Å²) in [5, 5.41) is 11.2. The SMILES string of the molecule is CCCCOc1cc(F)ccc1-c1nnnn1C. The number of halogens is 1. The van der Waals surface area contributed by atoms with Crippen molar-refractivity contribution in [2.45, 2.75) is 19.8 Å². The molecule has 1 heterocycles. The molecule has 0 amide bonds. The van der Waals surface area contributed by atoms with Gasteiger partial charge >= 0.3 is 0 Å². The van der Waals surface area contributed by atoms with E-state index in [2.05, 4.69) is 22.4 Å². The molecule has 1 aromatic heterocycles. The molecule has 18 heavy (non-hydrogen) atoms. The fraction of sp³-hybridized carbons (Fsp3) is 0.417. The van der Waals surface area contributed by atoms with Crippen molar-refractivity contribution in [3.05, 3.63) is 24.0 Å². The zero-order chi connectivity index (χ0) is 13.0. The van der Waals surface area contributed by atoms with Crippen molar-refractivity contribution in [3.8, 4) is 17.1 Å². The number of benzene rings is 1. The molecule has 5 nitrogen and oxygen atoms in total. The summed E-state index contributed by atoms with van der Waals surface area (Å²) in [6.45, 7) is 2.63. The summed E-state index contributed by atoms with van der Waals surface area (Å²) in [6.07, 6.45) is 1.95. The monoisotopic (exact) mass is 250 g/mol. The van der Waals surface area contributed by atoms with E-state index in [1.807, 2.05) is 0 Å². The Hall–Kier alpha value is -1.98. The van der Waals surface area contributed by atoms with Crippen molar-refractivity contribution >= 4 is 0 Å². The van der Waals surface area contributed by atoms with Crippen LogP contribution in [0.5, 0.6) is 5.75 Å². The van der Waals surface area contributed by atoms with Crippen LogP contribution in [-0.2, 0) is 7.05 Å². The molecule has 0 unspecified atom stereocenters. The van der Waals surface area contributed by atoms with Gasteiger partial charge in [-0.15, -0.1) is 5.10 Å². The minimum atomic E-state index is -0.333. The third kappa shape index (κ3) is 2.64. The molecular weight excluding hydrogens is 235 g/mol. The molecule has 0 atom stereocenters. The van der Waals surface area contributed by atoms with Crippen molar-refractivity contribution < 1.29 is 9.13 Å². The maximum atomic E-state index is 13.3. The first-order chi connectivity index (χ1) is 8.72. The number of ether oxygens (including phenoxy) is 1. The van der Waals surface area contributed by atoms with E-state index in [-0.39, 0.29) is 5.82 Å². The lowest BCUT2D eigenvalue weighted by atomic mass is 10.2. The first-order valence-corrected chi connectivity index (χ1v) is 5.87. The largest absolute Gasteiger partial charge is 0.493 e. The third-order valence-corrected chi connectivity index (χ3v) is 2.56. The van der Waals surface area contributed by atoms with Crippen LogP contribution in [0.25, 0.3) is 11.4 Å². The molecule has 6 heteroatoms. The average molecular weight is 250 g/mol. The minimum absolute atomic E-state index is 0.333. The van der Waals surface area contributed by atoms with Crippen LogP contribution in [0.4, 0.5) is 4.39 Å². The van der Waals surface area contributed by atoms with Crippen molar-refractivity contribution in [3.63, 3.8) is 0 Å². The maximum absolute atomic E-state index is 13.3. The molecule has 0 aliphatic carbocycles. The van der Waals surface area contributed by atoms with Gasteiger partial charge in [-0.1, -0.05) is 13.3 Å². The third-order valence-electron chi connectivity index (χ3n) is 2.56. The van der Waals surface area contributed by atoms with Crippen LogP contribution < -0.4 is 4.74 Å². The van der Waals surface area contributed by atoms with Crippen LogP contribution in [0, 0.1) is 5.82 Å². The Balaban J connectivity index is 2.32. The molecule has 1 aromatic carbocycles. The van der Waals surface area contributed by atoms with Gasteiger partial charge in [0, 0.05) is 13.1 Å². The summed E-state index contributed by atoms with van der Waals surface area (Å²) in [6, 6.07) is 4.36. The van der Waals surface area contributed by atoms with Gasteiger partial charge in [0.15, 0.2) is 5.82 Å². The van der Waals surface area contributed by atoms with Crippen molar-refractivity contribution in [2.24, 2.45) is 7.05 Å². The molecule has 0 saturated carbocycles. The van der Waals surface area contributed by atoms with Crippen LogP contribution in [0.2, 0.25) is 0 Å². The minimum Gasteiger partial charge on any atom is -0.493 e. The number of hydrogen-bond acceptors (Lipinski definition) is 4. The quantitative estimate of drug-likeness (QED) is 0.763. The second-order valence-corrected chi connectivity index (χ2v) is 3.97. The first kappa shape index (κ1) is 12.5. The molecule has 0 spiro atoms. The van der Waals surface area contributed by atoms with Gasteiger partial charge in [-0.05, 0) is 29.0 Å². The zero-order valence-corrected chi connectivity index (χ0v) is 10.4. The topological polar surface area (TPSA) is 52.8 Å². The summed E-state index contributed by atoms with van der Waals surface area (Å²) in [4.78, 5) is 0. The summed E-state index contributed by atoms with van der Waals surface area (Å²) in [5.41, 5.74) is 0.694. The van der Waals surface area contributed by atoms with E-state index in [9.17, 15) is 4.39 Å². The fourth-order valence-electron chi connectivity index (χ4n) is 1.58. The van der Waals surface area contributed by atoms with E-state index in [0.717, 1.165) is 12.8 Å². The number of aromatic nitrogens is 4. The van der Waals surface area contributed by atoms with Gasteiger partial charge in [0.25, 0.3) is 0 Å². The number of nitrogens with zero attached hydrogens (tertiary/aromatic N) is 4. The highest BCUT2D eigenvalue weighted by Gasteiger charge is 2.13. The van der Waals surface area contributed by atoms with Crippen LogP contribution >= 0.6 is 0 Å². The van der Waals surface area contributed by atoms with Gasteiger partial charge < -0.3 is 4.74 Å². The molecule has 96 valence electrons. The predicted octanol–water partition coefficient (Wildman–Crippen LogP) is 2.20. The molecular formula is C12H15FN4O. The average Bonchev–Trinajstić information content (AvgIpc) is 2.76. The lowest BCUT2D eigenvalue weighted by Gasteiger charge is -2.10. The van der Waals surface area contributed by atoms with Gasteiger partial charge in [-0.3, -0.25) is 0 Å². The molecule has 0 aliphatic heterocycles. The van der Waals surface area contributed by atoms with Crippen molar-refractivity contribution in [1.82, 2.24) is 20.2 Å². The maximum Gasteiger partial charge on any atom is 0.185 e. The Labute approximate surface area is 105 Å². The lowest BCUT2D eigenvalue weighted by Crippen LogP contribution is -2.01. The first-order valence-electron chi connectivity index (χ1n) is 5.87. The van der Waals surface area contributed by atoms with Gasteiger partial charge in [0.2, 0.25) is 0 Å². The Morgan fingerprint density at radius 1 is 1.39 bits per heavy atom. The summed E-state index contributed by atoms with van der Waals surface area (Å²) in [5.74, 6) is 0.697. The summed E-state index contributed by atoms with van der Waals surface area (Å²) < 4.78 is 20.4. The summed E-state index contributed by atoms with van der Waals surface area (Å²) in [7, 11) is 1.73. The van der Waals surface area contributed by atoms with E-state index in [1.165, 1.54) is 16.8 Å². The van der Waals surface area contributed by atoms with E-state index in [4.69, 9.17) is 4.74 Å². The van der Waals surface area contributed by atoms with E-state index in [1.54, 1.807) is 13.1 Å². The highest BCUT2D eigenvalue weighted by molar-refractivity contribution is 5.63. The highest BCUT2D eigenvalue weighted by atomic mass is 19.1. The van der Waals surface area contributed by atoms with Crippen molar-refractivity contribution in [1.29, 1.82) is 0 Å². The molecule has 0 aliphatic rings. The molecule has 2 rings (SSSR count). The summed E-state index contributed by atoms with van der Waals surface area (Å²) >= 11 is 0. The number of rotatable bonds is 5. The predicted molar refractivity (Wildman–Crippen MR) is 64.6 cm³/mol. The number of unbranched alkanes of at least 4 members (excludes halogenated alkanes) is 1. The number of hydrogen-bond donors (Lipinski definition) is 0.